The number of thiazole rings is 2. The smallest absolute Gasteiger partial charge is 0.543 e. The van der Waals surface area contributed by atoms with E-state index in [1.54, 1.807) is 0 Å². The van der Waals surface area contributed by atoms with E-state index in [2.05, 4.69) is 62.8 Å². The number of amides is 4. The van der Waals surface area contributed by atoms with Crippen LogP contribution in [-0.2, 0) is 48.0 Å². The number of thioether (sulfide) groups is 4. The minimum Gasteiger partial charge on any atom is -0.543 e. The van der Waals surface area contributed by atoms with Gasteiger partial charge in [-0.3, -0.25) is 38.6 Å². The molecule has 90 heavy (non-hydrogen) atoms. The maximum atomic E-state index is 13.1. The molecule has 2 saturated heterocycles. The number of carboxylic acid groups (broad SMARTS) is 4. The summed E-state index contributed by atoms with van der Waals surface area (Å²) < 4.78 is 2.13. The Balaban J connectivity index is 0.000000250. The Kier molecular flexibility index (Phi) is 24.2. The average Bonchev–Trinajstić information content (AvgIpc) is 0.871. The number of halogens is 2. The molecule has 0 saturated carbocycles. The second-order valence-corrected chi connectivity index (χ2v) is 28.0. The number of oxime groups is 2. The number of fused-ring (bicyclic) bond motifs is 4. The molecule has 0 bridgehead atoms. The molecule has 30 nitrogen and oxygen atoms in total. The number of carbonyl (C=O) groups is 8. The first kappa shape index (κ1) is 71.7. The molecular formula is C48H34Br2N10Na2O20S8. The van der Waals surface area contributed by atoms with Gasteiger partial charge in [0.15, 0.2) is 44.7 Å². The summed E-state index contributed by atoms with van der Waals surface area (Å²) in [6.07, 6.45) is 0. The first-order chi connectivity index (χ1) is 41.7. The number of hydrogen-bond donors (Lipinski definition) is 10. The predicted molar refractivity (Wildman–Crippen MR) is 327 cm³/mol. The number of nitrogens with two attached hydrogens (primary N) is 2. The number of benzene rings is 2. The van der Waals surface area contributed by atoms with Crippen molar-refractivity contribution in [1.82, 2.24) is 30.4 Å². The second kappa shape index (κ2) is 30.4. The van der Waals surface area contributed by atoms with Crippen LogP contribution in [0, 0.1) is 0 Å². The van der Waals surface area contributed by atoms with Gasteiger partial charge in [-0.1, -0.05) is 10.3 Å². The van der Waals surface area contributed by atoms with E-state index in [-0.39, 0.29) is 135 Å². The average molecular weight is 1530 g/mol. The molecule has 0 unspecified atom stereocenters. The molecule has 0 aliphatic carbocycles. The summed E-state index contributed by atoms with van der Waals surface area (Å²) in [5.74, 6) is -10.4. The number of rotatable bonds is 20. The fraction of sp³-hybridized carbons (Fsp3) is 0.208. The number of β-lactam (4-membered cyclic amide) rings is 2. The van der Waals surface area contributed by atoms with Gasteiger partial charge in [0.05, 0.1) is 40.7 Å². The van der Waals surface area contributed by atoms with Crippen LogP contribution in [0.5, 0.6) is 23.0 Å². The molecule has 8 heterocycles. The van der Waals surface area contributed by atoms with Gasteiger partial charge >= 0.3 is 71.1 Å². The summed E-state index contributed by atoms with van der Waals surface area (Å²) >= 11 is 15.4. The van der Waals surface area contributed by atoms with Crippen LogP contribution in [0.2, 0.25) is 0 Å². The summed E-state index contributed by atoms with van der Waals surface area (Å²) in [5, 5.41) is 95.0. The molecule has 4 aliphatic rings. The van der Waals surface area contributed by atoms with E-state index in [9.17, 15) is 78.6 Å². The van der Waals surface area contributed by atoms with Gasteiger partial charge in [0.25, 0.3) is 23.6 Å². The van der Waals surface area contributed by atoms with Gasteiger partial charge in [0.2, 0.25) is 24.1 Å². The van der Waals surface area contributed by atoms with Crippen molar-refractivity contribution in [3.05, 3.63) is 98.3 Å². The second-order valence-electron chi connectivity index (χ2n) is 17.9. The number of carboxylic acids is 4. The SMILES string of the molecule is Nc1nc(/C(=N/OCC(=O)O)C(=O)N[C@@H]2C(=O)N3C(C(=O)[O-])=C(CSc4sc5cc(O)c(O)cc5c(=O)c4Br)CS[C@H]23)cs1.Nc1nc(/C(=N/OCC(=O)O)C(=O)N[C@@H]2C(=O)N3C(C(=O)[O-])=C(CSc4sc5cc(O)c(O)cc5c(=O)c4Br)CS[C@H]23)cs1.[Na+].[Na+]. The third kappa shape index (κ3) is 15.3. The summed E-state index contributed by atoms with van der Waals surface area (Å²) in [6, 6.07) is 2.52. The van der Waals surface area contributed by atoms with Crippen molar-refractivity contribution in [3.63, 3.8) is 0 Å². The molecular weight excluding hydrogens is 1500 g/mol. The molecule has 4 amide bonds. The summed E-state index contributed by atoms with van der Waals surface area (Å²) in [4.78, 5) is 143. The molecule has 4 atom stereocenters. The van der Waals surface area contributed by atoms with Crippen LogP contribution in [0.4, 0.5) is 10.3 Å². The Morgan fingerprint density at radius 1 is 0.633 bits per heavy atom. The molecule has 2 fully saturated rings. The fourth-order valence-electron chi connectivity index (χ4n) is 8.33. The number of hydrogen-bond acceptors (Lipinski definition) is 32. The molecule has 2 aromatic carbocycles. The maximum absolute atomic E-state index is 13.1. The topological polar surface area (TPSA) is 490 Å². The van der Waals surface area contributed by atoms with E-state index in [1.165, 1.54) is 46.4 Å². The molecule has 10 rings (SSSR count). The minimum atomic E-state index is -1.60. The Bertz CT molecular complexity index is 4000. The number of carbonyl (C=O) groups excluding carboxylic acids is 6. The number of nitrogens with one attached hydrogen (secondary N) is 2. The zero-order valence-corrected chi connectivity index (χ0v) is 59.0. The third-order valence-electron chi connectivity index (χ3n) is 12.3. The summed E-state index contributed by atoms with van der Waals surface area (Å²) in [7, 11) is 0. The van der Waals surface area contributed by atoms with Crippen LogP contribution in [0.25, 0.3) is 20.2 Å². The van der Waals surface area contributed by atoms with Gasteiger partial charge in [-0.05, 0) is 55.1 Å². The molecule has 12 N–H and O–H groups in total. The number of aliphatic carboxylic acids is 4. The van der Waals surface area contributed by atoms with Crippen molar-refractivity contribution in [1.29, 1.82) is 0 Å². The van der Waals surface area contributed by atoms with Gasteiger partial charge < -0.3 is 82.2 Å². The Morgan fingerprint density at radius 3 is 1.31 bits per heavy atom. The molecule has 6 aromatic rings. The van der Waals surface area contributed by atoms with E-state index in [4.69, 9.17) is 31.4 Å². The normalized spacial score (nSPS) is 17.8. The number of nitrogen functional groups attached to an aromatic ring is 2. The number of phenolic OH excluding ortho intramolecular Hbond substituents is 4. The van der Waals surface area contributed by atoms with Crippen molar-refractivity contribution in [2.24, 2.45) is 10.3 Å². The number of anilines is 2. The fourth-order valence-corrected chi connectivity index (χ4v) is 18.5. The van der Waals surface area contributed by atoms with Crippen LogP contribution < -0.4 is 102 Å². The van der Waals surface area contributed by atoms with Crippen molar-refractivity contribution in [2.45, 2.75) is 31.2 Å². The minimum absolute atomic E-state index is 0. The number of phenols is 4. The van der Waals surface area contributed by atoms with Crippen molar-refractivity contribution in [3.8, 4) is 23.0 Å². The molecule has 4 aliphatic heterocycles. The first-order valence-electron chi connectivity index (χ1n) is 24.0. The van der Waals surface area contributed by atoms with E-state index in [0.29, 0.717) is 29.0 Å². The third-order valence-corrected chi connectivity index (χ3v) is 23.9. The summed E-state index contributed by atoms with van der Waals surface area (Å²) in [5.41, 5.74) is 9.49. The van der Waals surface area contributed by atoms with Crippen LogP contribution in [0.15, 0.2) is 94.8 Å². The Hall–Kier alpha value is -5.70. The molecule has 4 aromatic heterocycles. The number of aromatic hydroxyl groups is 4. The van der Waals surface area contributed by atoms with Crippen molar-refractivity contribution in [2.75, 3.05) is 47.7 Å². The zero-order chi connectivity index (χ0) is 63.7. The van der Waals surface area contributed by atoms with E-state index < -0.39 is 129 Å². The summed E-state index contributed by atoms with van der Waals surface area (Å²) in [6.45, 7) is -1.69. The van der Waals surface area contributed by atoms with Crippen molar-refractivity contribution >= 4 is 214 Å². The predicted octanol–water partition coefficient (Wildman–Crippen LogP) is -5.04. The van der Waals surface area contributed by atoms with Crippen LogP contribution in [0.3, 0.4) is 0 Å². The van der Waals surface area contributed by atoms with Gasteiger partial charge in [0.1, 0.15) is 34.2 Å². The molecule has 0 radical (unpaired) electrons. The van der Waals surface area contributed by atoms with E-state index >= 15 is 0 Å². The van der Waals surface area contributed by atoms with Gasteiger partial charge in [0, 0.05) is 66.1 Å². The van der Waals surface area contributed by atoms with E-state index in [0.717, 1.165) is 90.8 Å². The first-order valence-corrected chi connectivity index (χ1v) is 33.0. The number of aromatic nitrogens is 2. The van der Waals surface area contributed by atoms with Gasteiger partial charge in [-0.25, -0.2) is 19.6 Å². The van der Waals surface area contributed by atoms with Crippen LogP contribution in [0.1, 0.15) is 11.4 Å². The standard InChI is InChI=1S/2C24H18BrN5O10S4.2Na/c2*25-14-18(35)8-1-10(31)11(32)2-12(8)44-23(14)42-5-7-4-41-21-16(20(37)30(21)17(7)22(38)39)28-19(36)15(29-40-3-13(33)34)9-6-43-24(26)27-9;;/h2*1-2,6,16,21,31-32H,3-5H2,(H2,26,27)(H,28,36)(H,33,34)(H,38,39);;/q;;2*+1/p-2/b2*29-15-;;/t2*16-,21-;;/m11../s1. The molecule has 0 spiro atoms. The quantitative estimate of drug-likeness (QED) is 0.00854. The molecule has 42 heteroatoms. The van der Waals surface area contributed by atoms with Gasteiger partial charge in [-0.15, -0.1) is 92.4 Å². The van der Waals surface area contributed by atoms with Crippen LogP contribution in [-0.4, -0.2) is 168 Å². The largest absolute Gasteiger partial charge is 1.00 e. The van der Waals surface area contributed by atoms with Crippen molar-refractivity contribution < 1.29 is 148 Å². The molecule has 460 valence electrons. The van der Waals surface area contributed by atoms with Crippen LogP contribution >= 0.6 is 124 Å². The zero-order valence-electron chi connectivity index (χ0n) is 45.3. The Labute approximate surface area is 596 Å². The monoisotopic (exact) mass is 1530 g/mol. The van der Waals surface area contributed by atoms with Gasteiger partial charge in [-0.2, -0.15) is 0 Å². The van der Waals surface area contributed by atoms with E-state index in [1.807, 2.05) is 0 Å². The Morgan fingerprint density at radius 2 is 0.989 bits per heavy atom. The number of nitrogens with zero attached hydrogens (tertiary/aromatic N) is 6. The maximum Gasteiger partial charge on any atom is 1.00 e.